The number of hydrogen-bond donors (Lipinski definition) is 2. The zero-order chi connectivity index (χ0) is 15.1. The van der Waals surface area contributed by atoms with E-state index >= 15 is 0 Å². The Morgan fingerprint density at radius 1 is 1.09 bits per heavy atom. The van der Waals surface area contributed by atoms with Crippen molar-refractivity contribution in [3.05, 3.63) is 65.2 Å². The zero-order valence-corrected chi connectivity index (χ0v) is 12.2. The summed E-state index contributed by atoms with van der Waals surface area (Å²) in [4.78, 5) is 14.5. The third kappa shape index (κ3) is 2.07. The quantitative estimate of drug-likeness (QED) is 0.846. The van der Waals surface area contributed by atoms with E-state index in [0.29, 0.717) is 6.54 Å². The van der Waals surface area contributed by atoms with Crippen LogP contribution in [0.2, 0.25) is 0 Å². The summed E-state index contributed by atoms with van der Waals surface area (Å²) in [5.74, 6) is 0.481. The molecule has 0 bridgehead atoms. The van der Waals surface area contributed by atoms with E-state index < -0.39 is 0 Å². The second kappa shape index (κ2) is 5.14. The average molecular weight is 294 g/mol. The Balaban J connectivity index is 1.86. The Morgan fingerprint density at radius 2 is 1.91 bits per heavy atom. The lowest BCUT2D eigenvalue weighted by Gasteiger charge is -2.43. The predicted octanol–water partition coefficient (Wildman–Crippen LogP) is 2.01. The fourth-order valence-corrected chi connectivity index (χ4v) is 3.67. The van der Waals surface area contributed by atoms with Crippen LogP contribution in [-0.2, 0) is 4.79 Å². The lowest BCUT2D eigenvalue weighted by molar-refractivity contribution is -0.129. The number of nitrogens with zero attached hydrogens (tertiary/aromatic N) is 1. The zero-order valence-electron chi connectivity index (χ0n) is 12.2. The number of benzene rings is 2. The molecular weight excluding hydrogens is 276 g/mol. The molecule has 2 aliphatic heterocycles. The van der Waals surface area contributed by atoms with Gasteiger partial charge < -0.3 is 10.4 Å². The molecule has 4 nitrogen and oxygen atoms in total. The molecule has 2 aliphatic rings. The maximum absolute atomic E-state index is 12.3. The van der Waals surface area contributed by atoms with E-state index in [1.165, 1.54) is 5.56 Å². The second-order valence-corrected chi connectivity index (χ2v) is 5.96. The Hall–Kier alpha value is -2.33. The summed E-state index contributed by atoms with van der Waals surface area (Å²) in [5, 5.41) is 12.8. The van der Waals surface area contributed by atoms with Crippen molar-refractivity contribution in [1.82, 2.24) is 10.2 Å². The number of aromatic hydroxyl groups is 1. The van der Waals surface area contributed by atoms with Gasteiger partial charge in [0.2, 0.25) is 5.91 Å². The van der Waals surface area contributed by atoms with E-state index in [2.05, 4.69) is 22.3 Å². The Labute approximate surface area is 129 Å². The van der Waals surface area contributed by atoms with Gasteiger partial charge in [0.25, 0.3) is 0 Å². The molecule has 0 aliphatic carbocycles. The van der Waals surface area contributed by atoms with Crippen molar-refractivity contribution >= 4 is 5.91 Å². The third-order valence-electron chi connectivity index (χ3n) is 4.67. The smallest absolute Gasteiger partial charge is 0.242 e. The highest BCUT2D eigenvalue weighted by atomic mass is 16.3. The Bertz CT molecular complexity index is 714. The molecule has 0 aromatic heterocycles. The molecule has 2 heterocycles. The molecule has 2 aromatic carbocycles. The molecule has 2 N–H and O–H groups in total. The van der Waals surface area contributed by atoms with Crippen molar-refractivity contribution in [2.24, 2.45) is 0 Å². The van der Waals surface area contributed by atoms with E-state index in [9.17, 15) is 9.90 Å². The predicted molar refractivity (Wildman–Crippen MR) is 83.7 cm³/mol. The molecule has 2 aromatic rings. The van der Waals surface area contributed by atoms with Crippen LogP contribution in [-0.4, -0.2) is 35.5 Å². The van der Waals surface area contributed by atoms with Crippen molar-refractivity contribution in [2.45, 2.75) is 12.0 Å². The summed E-state index contributed by atoms with van der Waals surface area (Å²) < 4.78 is 0. The fraction of sp³-hybridized carbons (Fsp3) is 0.278. The highest BCUT2D eigenvalue weighted by molar-refractivity contribution is 5.85. The van der Waals surface area contributed by atoms with Crippen LogP contribution in [0.15, 0.2) is 48.5 Å². The Kier molecular flexibility index (Phi) is 3.12. The molecule has 1 amide bonds. The van der Waals surface area contributed by atoms with Crippen LogP contribution in [0.5, 0.6) is 5.75 Å². The number of phenols is 1. The number of piperazine rings is 1. The number of carbonyl (C=O) groups is 1. The highest BCUT2D eigenvalue weighted by Gasteiger charge is 2.39. The first-order valence-corrected chi connectivity index (χ1v) is 7.63. The van der Waals surface area contributed by atoms with Crippen LogP contribution in [0.25, 0.3) is 0 Å². The SMILES string of the molecule is O=C1NCCN2C[C@@H](c3ccccc3)c3ccc(O)cc3[C@@H]12. The molecule has 0 saturated carbocycles. The van der Waals surface area contributed by atoms with E-state index in [4.69, 9.17) is 0 Å². The summed E-state index contributed by atoms with van der Waals surface area (Å²) in [7, 11) is 0. The molecule has 0 spiro atoms. The largest absolute Gasteiger partial charge is 0.508 e. The normalized spacial score (nSPS) is 24.3. The summed E-state index contributed by atoms with van der Waals surface area (Å²) in [6, 6.07) is 15.5. The van der Waals surface area contributed by atoms with Gasteiger partial charge in [-0.15, -0.1) is 0 Å². The van der Waals surface area contributed by atoms with Crippen molar-refractivity contribution in [1.29, 1.82) is 0 Å². The minimum Gasteiger partial charge on any atom is -0.508 e. The summed E-state index contributed by atoms with van der Waals surface area (Å²) in [6.07, 6.45) is 0. The minimum atomic E-state index is -0.282. The standard InChI is InChI=1S/C18H18N2O2/c21-13-6-7-14-15(10-13)17-18(22)19-8-9-20(17)11-16(14)12-4-2-1-3-5-12/h1-7,10,16-17,21H,8-9,11H2,(H,19,22)/t16-,17-/m0/s1. The van der Waals surface area contributed by atoms with Crippen LogP contribution < -0.4 is 5.32 Å². The lowest BCUT2D eigenvalue weighted by atomic mass is 9.80. The number of fused-ring (bicyclic) bond motifs is 3. The van der Waals surface area contributed by atoms with Gasteiger partial charge in [0, 0.05) is 25.6 Å². The summed E-state index contributed by atoms with van der Waals surface area (Å²) in [6.45, 7) is 2.36. The maximum Gasteiger partial charge on any atom is 0.242 e. The molecule has 1 fully saturated rings. The van der Waals surface area contributed by atoms with Crippen molar-refractivity contribution < 1.29 is 9.90 Å². The van der Waals surface area contributed by atoms with E-state index in [1.807, 2.05) is 24.3 Å². The number of amides is 1. The first kappa shape index (κ1) is 13.3. The molecule has 4 rings (SSSR count). The molecule has 0 radical (unpaired) electrons. The van der Waals surface area contributed by atoms with Crippen LogP contribution in [0.4, 0.5) is 0 Å². The first-order valence-electron chi connectivity index (χ1n) is 7.63. The second-order valence-electron chi connectivity index (χ2n) is 5.96. The molecule has 22 heavy (non-hydrogen) atoms. The van der Waals surface area contributed by atoms with Gasteiger partial charge in [0.05, 0.1) is 0 Å². The van der Waals surface area contributed by atoms with Gasteiger partial charge in [0.15, 0.2) is 0 Å². The van der Waals surface area contributed by atoms with Gasteiger partial charge in [0.1, 0.15) is 11.8 Å². The van der Waals surface area contributed by atoms with Crippen LogP contribution in [0, 0.1) is 0 Å². The van der Waals surface area contributed by atoms with E-state index in [0.717, 1.165) is 24.2 Å². The molecule has 112 valence electrons. The number of phenolic OH excluding ortho intramolecular Hbond substituents is 1. The molecule has 0 unspecified atom stereocenters. The number of carbonyl (C=O) groups excluding carboxylic acids is 1. The first-order chi connectivity index (χ1) is 10.7. The minimum absolute atomic E-state index is 0.0320. The summed E-state index contributed by atoms with van der Waals surface area (Å²) >= 11 is 0. The number of hydrogen-bond acceptors (Lipinski definition) is 3. The van der Waals surface area contributed by atoms with Gasteiger partial charge in [-0.1, -0.05) is 36.4 Å². The number of rotatable bonds is 1. The Morgan fingerprint density at radius 3 is 2.73 bits per heavy atom. The molecular formula is C18H18N2O2. The third-order valence-corrected chi connectivity index (χ3v) is 4.67. The van der Waals surface area contributed by atoms with Crippen molar-refractivity contribution in [3.63, 3.8) is 0 Å². The number of nitrogens with one attached hydrogen (secondary N) is 1. The molecule has 2 atom stereocenters. The van der Waals surface area contributed by atoms with Crippen LogP contribution in [0.3, 0.4) is 0 Å². The van der Waals surface area contributed by atoms with Gasteiger partial charge in [-0.05, 0) is 28.8 Å². The highest BCUT2D eigenvalue weighted by Crippen LogP contribution is 2.41. The fourth-order valence-electron chi connectivity index (χ4n) is 3.67. The average Bonchev–Trinajstić information content (AvgIpc) is 2.54. The van der Waals surface area contributed by atoms with Gasteiger partial charge >= 0.3 is 0 Å². The van der Waals surface area contributed by atoms with Crippen LogP contribution in [0.1, 0.15) is 28.7 Å². The lowest BCUT2D eigenvalue weighted by Crippen LogP contribution is -2.53. The topological polar surface area (TPSA) is 52.6 Å². The monoisotopic (exact) mass is 294 g/mol. The summed E-state index contributed by atoms with van der Waals surface area (Å²) in [5.41, 5.74) is 3.32. The van der Waals surface area contributed by atoms with Gasteiger partial charge in [-0.3, -0.25) is 9.69 Å². The van der Waals surface area contributed by atoms with E-state index in [1.54, 1.807) is 12.1 Å². The van der Waals surface area contributed by atoms with Gasteiger partial charge in [-0.2, -0.15) is 0 Å². The van der Waals surface area contributed by atoms with E-state index in [-0.39, 0.29) is 23.6 Å². The maximum atomic E-state index is 12.3. The van der Waals surface area contributed by atoms with Crippen molar-refractivity contribution in [3.8, 4) is 5.75 Å². The molecule has 1 saturated heterocycles. The van der Waals surface area contributed by atoms with Gasteiger partial charge in [-0.25, -0.2) is 0 Å². The van der Waals surface area contributed by atoms with Crippen molar-refractivity contribution in [2.75, 3.05) is 19.6 Å². The van der Waals surface area contributed by atoms with Crippen LogP contribution >= 0.6 is 0 Å². The molecule has 4 heteroatoms.